The van der Waals surface area contributed by atoms with E-state index in [4.69, 9.17) is 14.1 Å². The largest absolute Gasteiger partial charge is 0.491 e. The first kappa shape index (κ1) is 21.8. The zero-order valence-corrected chi connectivity index (χ0v) is 20.1. The van der Waals surface area contributed by atoms with Crippen LogP contribution in [-0.4, -0.2) is 61.3 Å². The summed E-state index contributed by atoms with van der Waals surface area (Å²) < 4.78 is 11.3. The normalized spacial score (nSPS) is 14.2. The zero-order valence-electron chi connectivity index (χ0n) is 20.1. The topological polar surface area (TPSA) is 109 Å². The van der Waals surface area contributed by atoms with Crippen LogP contribution in [0.2, 0.25) is 0 Å². The number of ether oxygens (including phenoxy) is 1. The number of furan rings is 1. The van der Waals surface area contributed by atoms with E-state index in [9.17, 15) is 0 Å². The molecule has 1 saturated heterocycles. The first-order valence-corrected chi connectivity index (χ1v) is 12.5. The second-order valence-electron chi connectivity index (χ2n) is 9.29. The molecule has 1 aliphatic heterocycles. The molecule has 0 saturated carbocycles. The quantitative estimate of drug-likeness (QED) is 0.312. The molecule has 1 fully saturated rings. The molecule has 184 valence electrons. The van der Waals surface area contributed by atoms with Gasteiger partial charge in [-0.15, -0.1) is 0 Å². The van der Waals surface area contributed by atoms with Crippen LogP contribution >= 0.6 is 0 Å². The third-order valence-corrected chi connectivity index (χ3v) is 6.89. The molecule has 0 atom stereocenters. The van der Waals surface area contributed by atoms with Gasteiger partial charge in [0.2, 0.25) is 0 Å². The lowest BCUT2D eigenvalue weighted by molar-refractivity contribution is 0.237. The molecule has 0 unspecified atom stereocenters. The Labute approximate surface area is 212 Å². The highest BCUT2D eigenvalue weighted by molar-refractivity contribution is 5.99. The van der Waals surface area contributed by atoms with Crippen LogP contribution in [0.15, 0.2) is 71.9 Å². The SMILES string of the molecule is c1cc2[nH]c(-c3n[nH]c4ccc(-c5cncc(OCCN6CCCC6)c5)nc34)cc2c(-c2ccoc2)n1. The fraction of sp³-hybridized carbons (Fsp3) is 0.214. The molecule has 0 amide bonds. The van der Waals surface area contributed by atoms with Crippen LogP contribution in [0.1, 0.15) is 12.8 Å². The Hall–Kier alpha value is -4.50. The van der Waals surface area contributed by atoms with E-state index in [1.807, 2.05) is 36.5 Å². The summed E-state index contributed by atoms with van der Waals surface area (Å²) in [6, 6.07) is 11.9. The van der Waals surface area contributed by atoms with Crippen molar-refractivity contribution in [3.63, 3.8) is 0 Å². The van der Waals surface area contributed by atoms with Crippen molar-refractivity contribution in [3.05, 3.63) is 67.5 Å². The third kappa shape index (κ3) is 4.13. The summed E-state index contributed by atoms with van der Waals surface area (Å²) in [7, 11) is 0. The van der Waals surface area contributed by atoms with Crippen LogP contribution < -0.4 is 4.74 Å². The van der Waals surface area contributed by atoms with Gasteiger partial charge in [-0.2, -0.15) is 5.10 Å². The monoisotopic (exact) mass is 491 g/mol. The molecule has 9 nitrogen and oxygen atoms in total. The number of hydrogen-bond donors (Lipinski definition) is 2. The van der Waals surface area contributed by atoms with E-state index in [2.05, 4.69) is 36.1 Å². The standard InChI is InChI=1S/C28H25N7O2/c1-2-9-35(8-1)10-12-37-20-13-19(15-29-16-20)22-3-4-24-27(32-22)28(34-33-24)25-14-21-23(31-25)5-7-30-26(21)18-6-11-36-17-18/h3-7,11,13-17,31H,1-2,8-10,12H2,(H,33,34). The number of aromatic amines is 2. The van der Waals surface area contributed by atoms with Gasteiger partial charge in [0.25, 0.3) is 0 Å². The molecule has 7 rings (SSSR count). The van der Waals surface area contributed by atoms with E-state index in [1.165, 1.54) is 12.8 Å². The number of aromatic nitrogens is 6. The summed E-state index contributed by atoms with van der Waals surface area (Å²) in [6.07, 6.45) is 11.3. The summed E-state index contributed by atoms with van der Waals surface area (Å²) in [5.74, 6) is 0.751. The second-order valence-corrected chi connectivity index (χ2v) is 9.29. The Kier molecular flexibility index (Phi) is 5.40. The van der Waals surface area contributed by atoms with Gasteiger partial charge in [-0.25, -0.2) is 4.98 Å². The lowest BCUT2D eigenvalue weighted by Crippen LogP contribution is -2.25. The summed E-state index contributed by atoms with van der Waals surface area (Å²) in [5, 5.41) is 8.69. The summed E-state index contributed by atoms with van der Waals surface area (Å²) in [4.78, 5) is 19.8. The van der Waals surface area contributed by atoms with Crippen molar-refractivity contribution in [2.45, 2.75) is 12.8 Å². The van der Waals surface area contributed by atoms with Gasteiger partial charge in [0.15, 0.2) is 0 Å². The maximum atomic E-state index is 6.00. The third-order valence-electron chi connectivity index (χ3n) is 6.89. The van der Waals surface area contributed by atoms with Crippen molar-refractivity contribution >= 4 is 21.9 Å². The van der Waals surface area contributed by atoms with Gasteiger partial charge in [0.05, 0.1) is 41.3 Å². The lowest BCUT2D eigenvalue weighted by atomic mass is 10.1. The maximum Gasteiger partial charge on any atom is 0.138 e. The van der Waals surface area contributed by atoms with Gasteiger partial charge in [-0.05, 0) is 62.3 Å². The van der Waals surface area contributed by atoms with Crippen LogP contribution in [0, 0.1) is 0 Å². The van der Waals surface area contributed by atoms with Crippen molar-refractivity contribution < 1.29 is 9.15 Å². The zero-order chi connectivity index (χ0) is 24.6. The van der Waals surface area contributed by atoms with E-state index < -0.39 is 0 Å². The molecule has 1 aliphatic rings. The summed E-state index contributed by atoms with van der Waals surface area (Å²) in [6.45, 7) is 3.92. The molecule has 0 aliphatic carbocycles. The van der Waals surface area contributed by atoms with Gasteiger partial charge in [0.1, 0.15) is 23.6 Å². The van der Waals surface area contributed by atoms with E-state index in [0.717, 1.165) is 81.2 Å². The summed E-state index contributed by atoms with van der Waals surface area (Å²) >= 11 is 0. The number of nitrogens with zero attached hydrogens (tertiary/aromatic N) is 5. The molecule has 0 spiro atoms. The van der Waals surface area contributed by atoms with E-state index in [0.29, 0.717) is 6.61 Å². The second kappa shape index (κ2) is 9.18. The van der Waals surface area contributed by atoms with Crippen molar-refractivity contribution in [2.75, 3.05) is 26.2 Å². The van der Waals surface area contributed by atoms with Gasteiger partial charge < -0.3 is 14.1 Å². The van der Waals surface area contributed by atoms with Crippen LogP contribution in [0.25, 0.3) is 55.8 Å². The Bertz CT molecular complexity index is 1680. The molecule has 6 aromatic rings. The maximum absolute atomic E-state index is 6.00. The molecule has 7 heterocycles. The number of pyridine rings is 3. The number of H-pyrrole nitrogens is 2. The number of nitrogens with one attached hydrogen (secondary N) is 2. The number of rotatable bonds is 7. The molecule has 37 heavy (non-hydrogen) atoms. The Morgan fingerprint density at radius 3 is 2.81 bits per heavy atom. The van der Waals surface area contributed by atoms with E-state index in [-0.39, 0.29) is 0 Å². The number of hydrogen-bond acceptors (Lipinski definition) is 7. The highest BCUT2D eigenvalue weighted by Gasteiger charge is 2.17. The van der Waals surface area contributed by atoms with Crippen molar-refractivity contribution in [1.82, 2.24) is 35.0 Å². The van der Waals surface area contributed by atoms with E-state index in [1.54, 1.807) is 24.9 Å². The molecule has 9 heteroatoms. The molecule has 0 aromatic carbocycles. The number of likely N-dealkylation sites (tertiary alicyclic amines) is 1. The predicted octanol–water partition coefficient (Wildman–Crippen LogP) is 5.30. The van der Waals surface area contributed by atoms with Crippen LogP contribution in [0.5, 0.6) is 5.75 Å². The molecular formula is C28H25N7O2. The van der Waals surface area contributed by atoms with Gasteiger partial charge in [0, 0.05) is 41.0 Å². The van der Waals surface area contributed by atoms with Crippen molar-refractivity contribution in [2.24, 2.45) is 0 Å². The number of fused-ring (bicyclic) bond motifs is 2. The molecular weight excluding hydrogens is 466 g/mol. The Morgan fingerprint density at radius 2 is 1.92 bits per heavy atom. The average molecular weight is 492 g/mol. The Balaban J connectivity index is 1.20. The molecule has 0 bridgehead atoms. The minimum atomic E-state index is 0.652. The smallest absolute Gasteiger partial charge is 0.138 e. The van der Waals surface area contributed by atoms with Gasteiger partial charge >= 0.3 is 0 Å². The fourth-order valence-electron chi connectivity index (χ4n) is 4.99. The average Bonchev–Trinajstić information content (AvgIpc) is 3.74. The van der Waals surface area contributed by atoms with Gasteiger partial charge in [-0.1, -0.05) is 0 Å². The fourth-order valence-corrected chi connectivity index (χ4v) is 4.99. The van der Waals surface area contributed by atoms with Crippen LogP contribution in [-0.2, 0) is 0 Å². The molecule has 0 radical (unpaired) electrons. The minimum absolute atomic E-state index is 0.652. The van der Waals surface area contributed by atoms with E-state index >= 15 is 0 Å². The van der Waals surface area contributed by atoms with Crippen LogP contribution in [0.3, 0.4) is 0 Å². The lowest BCUT2D eigenvalue weighted by Gasteiger charge is -2.15. The van der Waals surface area contributed by atoms with Gasteiger partial charge in [-0.3, -0.25) is 20.0 Å². The van der Waals surface area contributed by atoms with Crippen LogP contribution in [0.4, 0.5) is 0 Å². The highest BCUT2D eigenvalue weighted by atomic mass is 16.5. The molecule has 2 N–H and O–H groups in total. The minimum Gasteiger partial charge on any atom is -0.491 e. The first-order chi connectivity index (χ1) is 18.3. The predicted molar refractivity (Wildman–Crippen MR) is 141 cm³/mol. The highest BCUT2D eigenvalue weighted by Crippen LogP contribution is 2.33. The summed E-state index contributed by atoms with van der Waals surface area (Å²) in [5.41, 5.74) is 7.71. The first-order valence-electron chi connectivity index (χ1n) is 12.5. The Morgan fingerprint density at radius 1 is 0.973 bits per heavy atom. The van der Waals surface area contributed by atoms with Crippen molar-refractivity contribution in [3.8, 4) is 39.7 Å². The van der Waals surface area contributed by atoms with Crippen molar-refractivity contribution in [1.29, 1.82) is 0 Å². The molecule has 6 aromatic heterocycles.